The standard InChI is InChI=1S/C26H26FN3O2S/c1-33(31,32)28-19-11-18-24-20-30(25(27)29-24)26(21-12-5-2-6-13-21,22-14-7-3-8-15-22)23-16-9-4-10-17-23/h2-10,12-17,20,28H,11,18-19H2,1H3. The highest BCUT2D eigenvalue weighted by molar-refractivity contribution is 7.88. The fourth-order valence-electron chi connectivity index (χ4n) is 4.24. The van der Waals surface area contributed by atoms with Crippen molar-refractivity contribution in [3.05, 3.63) is 126 Å². The van der Waals surface area contributed by atoms with Crippen molar-refractivity contribution >= 4 is 10.0 Å². The molecule has 3 aromatic carbocycles. The monoisotopic (exact) mass is 463 g/mol. The summed E-state index contributed by atoms with van der Waals surface area (Å²) in [6.07, 6.45) is 3.22. The maximum Gasteiger partial charge on any atom is 0.290 e. The minimum absolute atomic E-state index is 0.272. The number of imidazole rings is 1. The molecular weight excluding hydrogens is 437 g/mol. The lowest BCUT2D eigenvalue weighted by Gasteiger charge is -2.37. The number of hydrogen-bond donors (Lipinski definition) is 1. The number of aryl methyl sites for hydroxylation is 1. The van der Waals surface area contributed by atoms with Gasteiger partial charge in [-0.05, 0) is 29.5 Å². The molecule has 0 saturated carbocycles. The van der Waals surface area contributed by atoms with E-state index in [0.717, 1.165) is 22.9 Å². The first-order valence-corrected chi connectivity index (χ1v) is 12.7. The molecule has 0 aliphatic rings. The second-order valence-electron chi connectivity index (χ2n) is 7.95. The van der Waals surface area contributed by atoms with Crippen LogP contribution in [-0.4, -0.2) is 30.8 Å². The Hall–Kier alpha value is -3.29. The van der Waals surface area contributed by atoms with Crippen molar-refractivity contribution in [1.82, 2.24) is 14.3 Å². The number of hydrogen-bond acceptors (Lipinski definition) is 3. The normalized spacial score (nSPS) is 12.1. The van der Waals surface area contributed by atoms with Crippen LogP contribution < -0.4 is 4.72 Å². The Labute approximate surface area is 194 Å². The van der Waals surface area contributed by atoms with Gasteiger partial charge in [-0.3, -0.25) is 4.57 Å². The average molecular weight is 464 g/mol. The molecule has 0 aliphatic carbocycles. The third-order valence-corrected chi connectivity index (χ3v) is 6.35. The fraction of sp³-hybridized carbons (Fsp3) is 0.192. The number of benzene rings is 3. The van der Waals surface area contributed by atoms with Crippen LogP contribution in [-0.2, 0) is 22.0 Å². The number of nitrogens with zero attached hydrogens (tertiary/aromatic N) is 2. The van der Waals surface area contributed by atoms with E-state index >= 15 is 4.39 Å². The molecule has 0 saturated heterocycles. The molecule has 0 atom stereocenters. The molecule has 7 heteroatoms. The van der Waals surface area contributed by atoms with Crippen LogP contribution in [0.25, 0.3) is 0 Å². The van der Waals surface area contributed by atoms with Crippen LogP contribution in [0.4, 0.5) is 4.39 Å². The van der Waals surface area contributed by atoms with Gasteiger partial charge in [0.25, 0.3) is 6.08 Å². The van der Waals surface area contributed by atoms with E-state index in [9.17, 15) is 8.42 Å². The fourth-order valence-corrected chi connectivity index (χ4v) is 4.76. The van der Waals surface area contributed by atoms with E-state index in [1.807, 2.05) is 91.0 Å². The summed E-state index contributed by atoms with van der Waals surface area (Å²) in [7, 11) is -3.26. The summed E-state index contributed by atoms with van der Waals surface area (Å²) >= 11 is 0. The number of nitrogens with one attached hydrogen (secondary N) is 1. The summed E-state index contributed by atoms with van der Waals surface area (Å²) in [6, 6.07) is 29.5. The van der Waals surface area contributed by atoms with Gasteiger partial charge in [0.15, 0.2) is 0 Å². The highest BCUT2D eigenvalue weighted by Gasteiger charge is 2.40. The van der Waals surface area contributed by atoms with Gasteiger partial charge in [0.2, 0.25) is 10.0 Å². The molecular formula is C26H26FN3O2S. The predicted octanol–water partition coefficient (Wildman–Crippen LogP) is 4.34. The zero-order chi connectivity index (χ0) is 23.3. The van der Waals surface area contributed by atoms with Crippen molar-refractivity contribution in [2.24, 2.45) is 0 Å². The van der Waals surface area contributed by atoms with E-state index < -0.39 is 21.6 Å². The van der Waals surface area contributed by atoms with E-state index in [0.29, 0.717) is 18.5 Å². The van der Waals surface area contributed by atoms with Crippen molar-refractivity contribution in [2.45, 2.75) is 18.4 Å². The predicted molar refractivity (Wildman–Crippen MR) is 128 cm³/mol. The molecule has 1 heterocycles. The van der Waals surface area contributed by atoms with Gasteiger partial charge in [-0.1, -0.05) is 91.0 Å². The Bertz CT molecular complexity index is 1190. The molecule has 5 nitrogen and oxygen atoms in total. The molecule has 1 aromatic heterocycles. The summed E-state index contributed by atoms with van der Waals surface area (Å²) in [6.45, 7) is 0.272. The molecule has 0 fully saturated rings. The van der Waals surface area contributed by atoms with Gasteiger partial charge in [0.05, 0.1) is 11.9 Å². The average Bonchev–Trinajstić information content (AvgIpc) is 3.19. The van der Waals surface area contributed by atoms with Crippen LogP contribution in [0.2, 0.25) is 0 Å². The van der Waals surface area contributed by atoms with Gasteiger partial charge in [-0.25, -0.2) is 18.1 Å². The quantitative estimate of drug-likeness (QED) is 0.297. The molecule has 0 unspecified atom stereocenters. The van der Waals surface area contributed by atoms with Crippen molar-refractivity contribution in [3.8, 4) is 0 Å². The highest BCUT2D eigenvalue weighted by Crippen LogP contribution is 2.41. The number of sulfonamides is 1. The molecule has 0 radical (unpaired) electrons. The van der Waals surface area contributed by atoms with Gasteiger partial charge in [0, 0.05) is 12.7 Å². The minimum Gasteiger partial charge on any atom is -0.289 e. The largest absolute Gasteiger partial charge is 0.290 e. The summed E-state index contributed by atoms with van der Waals surface area (Å²) in [4.78, 5) is 4.21. The van der Waals surface area contributed by atoms with Crippen LogP contribution in [0.5, 0.6) is 0 Å². The zero-order valence-corrected chi connectivity index (χ0v) is 19.2. The smallest absolute Gasteiger partial charge is 0.289 e. The zero-order valence-electron chi connectivity index (χ0n) is 18.4. The molecule has 0 bridgehead atoms. The molecule has 4 aromatic rings. The molecule has 4 rings (SSSR count). The second-order valence-corrected chi connectivity index (χ2v) is 9.78. The molecule has 0 aliphatic heterocycles. The molecule has 33 heavy (non-hydrogen) atoms. The lowest BCUT2D eigenvalue weighted by atomic mass is 9.76. The molecule has 170 valence electrons. The number of halogens is 1. The van der Waals surface area contributed by atoms with Crippen molar-refractivity contribution in [2.75, 3.05) is 12.8 Å². The van der Waals surface area contributed by atoms with Crippen molar-refractivity contribution in [3.63, 3.8) is 0 Å². The van der Waals surface area contributed by atoms with E-state index in [-0.39, 0.29) is 6.54 Å². The summed E-state index contributed by atoms with van der Waals surface area (Å²) < 4.78 is 42.3. The first-order valence-electron chi connectivity index (χ1n) is 10.8. The van der Waals surface area contributed by atoms with E-state index in [2.05, 4.69) is 9.71 Å². The maximum atomic E-state index is 15.6. The third-order valence-electron chi connectivity index (χ3n) is 5.62. The Morgan fingerprint density at radius 1 is 0.848 bits per heavy atom. The Kier molecular flexibility index (Phi) is 6.72. The van der Waals surface area contributed by atoms with Gasteiger partial charge in [-0.2, -0.15) is 4.39 Å². The first kappa shape index (κ1) is 22.9. The topological polar surface area (TPSA) is 64.0 Å². The van der Waals surface area contributed by atoms with E-state index in [4.69, 9.17) is 0 Å². The van der Waals surface area contributed by atoms with E-state index in [1.165, 1.54) is 0 Å². The van der Waals surface area contributed by atoms with Crippen LogP contribution in [0, 0.1) is 6.08 Å². The van der Waals surface area contributed by atoms with Crippen LogP contribution >= 0.6 is 0 Å². The molecule has 1 N–H and O–H groups in total. The van der Waals surface area contributed by atoms with Gasteiger partial charge in [-0.15, -0.1) is 0 Å². The lowest BCUT2D eigenvalue weighted by Crippen LogP contribution is -2.38. The SMILES string of the molecule is CS(=O)(=O)NCCCc1cn(C(c2ccccc2)(c2ccccc2)c2ccccc2)c(F)n1. The van der Waals surface area contributed by atoms with Gasteiger partial charge in [0.1, 0.15) is 5.54 Å². The van der Waals surface area contributed by atoms with Gasteiger partial charge >= 0.3 is 0 Å². The van der Waals surface area contributed by atoms with Gasteiger partial charge < -0.3 is 0 Å². The van der Waals surface area contributed by atoms with Crippen LogP contribution in [0.3, 0.4) is 0 Å². The molecule has 0 amide bonds. The second kappa shape index (κ2) is 9.68. The highest BCUT2D eigenvalue weighted by atomic mass is 32.2. The molecule has 0 spiro atoms. The Morgan fingerprint density at radius 2 is 1.30 bits per heavy atom. The number of rotatable bonds is 9. The Morgan fingerprint density at radius 3 is 1.73 bits per heavy atom. The first-order chi connectivity index (χ1) is 15.9. The van der Waals surface area contributed by atoms with Crippen LogP contribution in [0.15, 0.2) is 97.2 Å². The minimum atomic E-state index is -3.26. The van der Waals surface area contributed by atoms with Crippen LogP contribution in [0.1, 0.15) is 28.8 Å². The Balaban J connectivity index is 1.85. The third kappa shape index (κ3) is 4.89. The van der Waals surface area contributed by atoms with Crippen molar-refractivity contribution in [1.29, 1.82) is 0 Å². The number of aromatic nitrogens is 2. The van der Waals surface area contributed by atoms with Crippen molar-refractivity contribution < 1.29 is 12.8 Å². The van der Waals surface area contributed by atoms with E-state index in [1.54, 1.807) is 10.8 Å². The summed E-state index contributed by atoms with van der Waals surface area (Å²) in [5.74, 6) is 0. The summed E-state index contributed by atoms with van der Waals surface area (Å²) in [5.41, 5.74) is 2.32. The summed E-state index contributed by atoms with van der Waals surface area (Å²) in [5, 5.41) is 0. The lowest BCUT2D eigenvalue weighted by molar-refractivity contribution is 0.397. The maximum absolute atomic E-state index is 15.6.